The molecule has 0 saturated heterocycles. The van der Waals surface area contributed by atoms with Crippen LogP contribution >= 0.6 is 0 Å². The number of rotatable bonds is 4. The maximum atomic E-state index is 8.71. The molecule has 0 saturated carbocycles. The monoisotopic (exact) mass is 258 g/mol. The Bertz CT molecular complexity index is 596. The minimum absolute atomic E-state index is 0.312. The highest BCUT2D eigenvalue weighted by Gasteiger charge is 2.27. The number of nitrogens with zero attached hydrogens (tertiary/aromatic N) is 4. The SMILES string of the molecule is CCOC(C)(C)c1noc(-c2ccc(C#N)cn2)n1. The highest BCUT2D eigenvalue weighted by atomic mass is 16.5. The van der Waals surface area contributed by atoms with Crippen molar-refractivity contribution in [2.24, 2.45) is 0 Å². The summed E-state index contributed by atoms with van der Waals surface area (Å²) in [5, 5.41) is 12.6. The van der Waals surface area contributed by atoms with Gasteiger partial charge in [0.05, 0.1) is 5.56 Å². The first-order valence-corrected chi connectivity index (χ1v) is 5.91. The molecular formula is C13H14N4O2. The van der Waals surface area contributed by atoms with Crippen LogP contribution in [0.5, 0.6) is 0 Å². The van der Waals surface area contributed by atoms with Gasteiger partial charge < -0.3 is 9.26 Å². The van der Waals surface area contributed by atoms with Gasteiger partial charge in [0.15, 0.2) is 0 Å². The lowest BCUT2D eigenvalue weighted by Gasteiger charge is -2.19. The second-order valence-corrected chi connectivity index (χ2v) is 4.41. The first kappa shape index (κ1) is 13.2. The Labute approximate surface area is 111 Å². The summed E-state index contributed by atoms with van der Waals surface area (Å²) in [5.74, 6) is 0.780. The molecule has 2 rings (SSSR count). The minimum Gasteiger partial charge on any atom is -0.368 e. The third-order valence-corrected chi connectivity index (χ3v) is 2.58. The molecule has 0 aliphatic rings. The molecule has 0 bridgehead atoms. The Morgan fingerprint density at radius 2 is 2.21 bits per heavy atom. The van der Waals surface area contributed by atoms with E-state index in [0.29, 0.717) is 29.6 Å². The van der Waals surface area contributed by atoms with E-state index in [-0.39, 0.29) is 0 Å². The standard InChI is InChI=1S/C13H14N4O2/c1-4-18-13(2,3)12-16-11(19-17-12)10-6-5-9(7-14)8-15-10/h5-6,8H,4H2,1-3H3. The number of hydrogen-bond donors (Lipinski definition) is 0. The Kier molecular flexibility index (Phi) is 3.58. The zero-order chi connectivity index (χ0) is 13.9. The van der Waals surface area contributed by atoms with Crippen LogP contribution in [0.4, 0.5) is 0 Å². The summed E-state index contributed by atoms with van der Waals surface area (Å²) >= 11 is 0. The van der Waals surface area contributed by atoms with Crippen LogP contribution in [0, 0.1) is 11.3 Å². The van der Waals surface area contributed by atoms with E-state index in [2.05, 4.69) is 15.1 Å². The van der Waals surface area contributed by atoms with Crippen LogP contribution < -0.4 is 0 Å². The first-order valence-electron chi connectivity index (χ1n) is 5.91. The number of aromatic nitrogens is 3. The highest BCUT2D eigenvalue weighted by Crippen LogP contribution is 2.24. The molecule has 0 atom stereocenters. The highest BCUT2D eigenvalue weighted by molar-refractivity contribution is 5.47. The van der Waals surface area contributed by atoms with Crippen molar-refractivity contribution in [2.45, 2.75) is 26.4 Å². The second-order valence-electron chi connectivity index (χ2n) is 4.41. The molecule has 2 aromatic heterocycles. The van der Waals surface area contributed by atoms with Crippen LogP contribution in [0.3, 0.4) is 0 Å². The van der Waals surface area contributed by atoms with Gasteiger partial charge in [-0.15, -0.1) is 0 Å². The number of pyridine rings is 1. The van der Waals surface area contributed by atoms with Crippen molar-refractivity contribution >= 4 is 0 Å². The van der Waals surface area contributed by atoms with Crippen molar-refractivity contribution in [3.05, 3.63) is 29.7 Å². The average molecular weight is 258 g/mol. The quantitative estimate of drug-likeness (QED) is 0.836. The zero-order valence-electron chi connectivity index (χ0n) is 11.0. The van der Waals surface area contributed by atoms with Gasteiger partial charge >= 0.3 is 0 Å². The Morgan fingerprint density at radius 1 is 1.42 bits per heavy atom. The second kappa shape index (κ2) is 5.16. The lowest BCUT2D eigenvalue weighted by Crippen LogP contribution is -2.23. The molecule has 0 aliphatic carbocycles. The summed E-state index contributed by atoms with van der Waals surface area (Å²) < 4.78 is 10.7. The predicted octanol–water partition coefficient (Wildman–Crippen LogP) is 2.27. The molecular weight excluding hydrogens is 244 g/mol. The molecule has 0 N–H and O–H groups in total. The van der Waals surface area contributed by atoms with Crippen LogP contribution in [-0.2, 0) is 10.3 Å². The molecule has 2 aromatic rings. The topological polar surface area (TPSA) is 84.8 Å². The van der Waals surface area contributed by atoms with Crippen LogP contribution in [0.1, 0.15) is 32.2 Å². The van der Waals surface area contributed by atoms with Gasteiger partial charge in [-0.25, -0.2) is 4.98 Å². The van der Waals surface area contributed by atoms with Crippen LogP contribution in [0.15, 0.2) is 22.9 Å². The van der Waals surface area contributed by atoms with Gasteiger partial charge in [-0.2, -0.15) is 10.2 Å². The summed E-state index contributed by atoms with van der Waals surface area (Å²) in [6, 6.07) is 5.33. The van der Waals surface area contributed by atoms with E-state index in [1.165, 1.54) is 6.20 Å². The Hall–Kier alpha value is -2.26. The van der Waals surface area contributed by atoms with Crippen molar-refractivity contribution in [1.82, 2.24) is 15.1 Å². The first-order chi connectivity index (χ1) is 9.06. The summed E-state index contributed by atoms with van der Waals surface area (Å²) in [6.07, 6.45) is 1.47. The van der Waals surface area contributed by atoms with Gasteiger partial charge in [-0.3, -0.25) is 0 Å². The van der Waals surface area contributed by atoms with E-state index < -0.39 is 5.60 Å². The molecule has 0 fully saturated rings. The third-order valence-electron chi connectivity index (χ3n) is 2.58. The predicted molar refractivity (Wildman–Crippen MR) is 66.9 cm³/mol. The van der Waals surface area contributed by atoms with Gasteiger partial charge in [0.25, 0.3) is 5.89 Å². The van der Waals surface area contributed by atoms with Crippen LogP contribution in [0.2, 0.25) is 0 Å². The fraction of sp³-hybridized carbons (Fsp3) is 0.385. The van der Waals surface area contributed by atoms with Gasteiger partial charge in [-0.05, 0) is 32.9 Å². The molecule has 6 heteroatoms. The zero-order valence-corrected chi connectivity index (χ0v) is 11.0. The normalized spacial score (nSPS) is 11.3. The fourth-order valence-corrected chi connectivity index (χ4v) is 1.58. The molecule has 0 aromatic carbocycles. The molecule has 19 heavy (non-hydrogen) atoms. The number of hydrogen-bond acceptors (Lipinski definition) is 6. The molecule has 98 valence electrons. The van der Waals surface area contributed by atoms with E-state index in [1.807, 2.05) is 26.8 Å². The van der Waals surface area contributed by atoms with E-state index >= 15 is 0 Å². The van der Waals surface area contributed by atoms with Crippen molar-refractivity contribution < 1.29 is 9.26 Å². The lowest BCUT2D eigenvalue weighted by atomic mass is 10.1. The molecule has 0 spiro atoms. The fourth-order valence-electron chi connectivity index (χ4n) is 1.58. The van der Waals surface area contributed by atoms with E-state index in [0.717, 1.165) is 0 Å². The Balaban J connectivity index is 2.28. The molecule has 0 aliphatic heterocycles. The lowest BCUT2D eigenvalue weighted by molar-refractivity contribution is -0.0221. The molecule has 0 amide bonds. The van der Waals surface area contributed by atoms with Crippen molar-refractivity contribution in [3.63, 3.8) is 0 Å². The maximum Gasteiger partial charge on any atom is 0.276 e. The van der Waals surface area contributed by atoms with E-state index in [4.69, 9.17) is 14.5 Å². The molecule has 2 heterocycles. The average Bonchev–Trinajstić information content (AvgIpc) is 2.89. The van der Waals surface area contributed by atoms with E-state index in [9.17, 15) is 0 Å². The maximum absolute atomic E-state index is 8.71. The van der Waals surface area contributed by atoms with Crippen molar-refractivity contribution in [2.75, 3.05) is 6.61 Å². The molecule has 6 nitrogen and oxygen atoms in total. The van der Waals surface area contributed by atoms with Gasteiger partial charge in [0.1, 0.15) is 17.4 Å². The molecule has 0 unspecified atom stereocenters. The third kappa shape index (κ3) is 2.77. The van der Waals surface area contributed by atoms with Gasteiger partial charge in [0, 0.05) is 12.8 Å². The van der Waals surface area contributed by atoms with Gasteiger partial charge in [-0.1, -0.05) is 5.16 Å². The number of nitriles is 1. The van der Waals surface area contributed by atoms with E-state index in [1.54, 1.807) is 12.1 Å². The van der Waals surface area contributed by atoms with Crippen LogP contribution in [0.25, 0.3) is 11.6 Å². The van der Waals surface area contributed by atoms with Gasteiger partial charge in [0.2, 0.25) is 5.82 Å². The van der Waals surface area contributed by atoms with Crippen molar-refractivity contribution in [3.8, 4) is 17.7 Å². The largest absolute Gasteiger partial charge is 0.368 e. The minimum atomic E-state index is -0.608. The summed E-state index contributed by atoms with van der Waals surface area (Å²) in [7, 11) is 0. The van der Waals surface area contributed by atoms with Crippen molar-refractivity contribution in [1.29, 1.82) is 5.26 Å². The summed E-state index contributed by atoms with van der Waals surface area (Å²) in [6.45, 7) is 6.21. The summed E-state index contributed by atoms with van der Waals surface area (Å²) in [4.78, 5) is 8.38. The smallest absolute Gasteiger partial charge is 0.276 e. The van der Waals surface area contributed by atoms with Crippen LogP contribution in [-0.4, -0.2) is 21.7 Å². The number of ether oxygens (including phenoxy) is 1. The molecule has 0 radical (unpaired) electrons. The Morgan fingerprint density at radius 3 is 2.79 bits per heavy atom. The summed E-state index contributed by atoms with van der Waals surface area (Å²) in [5.41, 5.74) is 0.409.